The van der Waals surface area contributed by atoms with Gasteiger partial charge in [-0.3, -0.25) is 9.78 Å². The Balaban J connectivity index is 2.30. The van der Waals surface area contributed by atoms with Crippen molar-refractivity contribution in [3.63, 3.8) is 0 Å². The van der Waals surface area contributed by atoms with Crippen molar-refractivity contribution in [2.24, 2.45) is 5.73 Å². The van der Waals surface area contributed by atoms with E-state index in [2.05, 4.69) is 4.98 Å². The monoisotopic (exact) mass is 249 g/mol. The molecule has 1 unspecified atom stereocenters. The molecule has 0 fully saturated rings. The summed E-state index contributed by atoms with van der Waals surface area (Å²) in [7, 11) is 1.66. The van der Waals surface area contributed by atoms with Crippen molar-refractivity contribution >= 4 is 22.7 Å². The molecule has 0 spiro atoms. The number of oxazole rings is 1. The van der Waals surface area contributed by atoms with E-state index in [4.69, 9.17) is 10.2 Å². The van der Waals surface area contributed by atoms with Crippen LogP contribution in [0.2, 0.25) is 0 Å². The topological polar surface area (TPSA) is 92.3 Å². The van der Waals surface area contributed by atoms with Gasteiger partial charge in [0.1, 0.15) is 0 Å². The average molecular weight is 249 g/mol. The minimum Gasteiger partial charge on any atom is -0.408 e. The highest BCUT2D eigenvalue weighted by molar-refractivity contribution is 5.94. The van der Waals surface area contributed by atoms with E-state index < -0.39 is 5.76 Å². The second-order valence-corrected chi connectivity index (χ2v) is 4.33. The van der Waals surface area contributed by atoms with Gasteiger partial charge in [0, 0.05) is 31.3 Å². The Hall–Kier alpha value is -2.08. The number of nitrogens with one attached hydrogen (secondary N) is 1. The fourth-order valence-electron chi connectivity index (χ4n) is 1.70. The van der Waals surface area contributed by atoms with E-state index in [0.717, 1.165) is 0 Å². The summed E-state index contributed by atoms with van der Waals surface area (Å²) in [6, 6.07) is 4.90. The molecule has 0 radical (unpaired) electrons. The quantitative estimate of drug-likeness (QED) is 0.842. The van der Waals surface area contributed by atoms with Gasteiger partial charge in [-0.1, -0.05) is 0 Å². The van der Waals surface area contributed by atoms with Crippen LogP contribution in [0.15, 0.2) is 27.4 Å². The first-order valence-electron chi connectivity index (χ1n) is 5.62. The van der Waals surface area contributed by atoms with Crippen molar-refractivity contribution in [2.45, 2.75) is 19.4 Å². The number of nitrogens with zero attached hydrogens (tertiary/aromatic N) is 1. The Morgan fingerprint density at radius 1 is 1.56 bits per heavy atom. The van der Waals surface area contributed by atoms with Crippen LogP contribution in [0.1, 0.15) is 13.3 Å². The molecule has 6 nitrogen and oxygen atoms in total. The van der Waals surface area contributed by atoms with Gasteiger partial charge < -0.3 is 15.1 Å². The summed E-state index contributed by atoms with van der Waals surface area (Å²) in [5.74, 6) is -0.589. The summed E-state index contributed by atoms with van der Waals surface area (Å²) in [5.41, 5.74) is 7.29. The SMILES string of the molecule is CC(N)CC(=O)N(C)c1ccc2[nH]c(=O)oc2c1. The van der Waals surface area contributed by atoms with Gasteiger partial charge in [0.15, 0.2) is 5.58 Å². The lowest BCUT2D eigenvalue weighted by atomic mass is 10.2. The lowest BCUT2D eigenvalue weighted by molar-refractivity contribution is -0.118. The molecule has 0 aliphatic rings. The molecule has 1 aromatic carbocycles. The summed E-state index contributed by atoms with van der Waals surface area (Å²) >= 11 is 0. The number of amides is 1. The maximum absolute atomic E-state index is 11.8. The number of hydrogen-bond acceptors (Lipinski definition) is 4. The van der Waals surface area contributed by atoms with Crippen molar-refractivity contribution in [2.75, 3.05) is 11.9 Å². The third kappa shape index (κ3) is 2.43. The number of hydrogen-bond donors (Lipinski definition) is 2. The molecule has 3 N–H and O–H groups in total. The molecule has 1 heterocycles. The normalized spacial score (nSPS) is 12.6. The summed E-state index contributed by atoms with van der Waals surface area (Å²) in [4.78, 5) is 26.9. The van der Waals surface area contributed by atoms with Crippen LogP contribution in [-0.2, 0) is 4.79 Å². The zero-order valence-electron chi connectivity index (χ0n) is 10.3. The Morgan fingerprint density at radius 2 is 2.28 bits per heavy atom. The fourth-order valence-corrected chi connectivity index (χ4v) is 1.70. The van der Waals surface area contributed by atoms with Crippen LogP contribution >= 0.6 is 0 Å². The fraction of sp³-hybridized carbons (Fsp3) is 0.333. The largest absolute Gasteiger partial charge is 0.417 e. The van der Waals surface area contributed by atoms with E-state index in [1.165, 1.54) is 4.90 Å². The van der Waals surface area contributed by atoms with Crippen molar-refractivity contribution in [1.29, 1.82) is 0 Å². The molecule has 96 valence electrons. The number of anilines is 1. The Labute approximate surface area is 103 Å². The molecule has 0 bridgehead atoms. The van der Waals surface area contributed by atoms with Crippen molar-refractivity contribution in [3.05, 3.63) is 28.7 Å². The Morgan fingerprint density at radius 3 is 2.94 bits per heavy atom. The third-order valence-corrected chi connectivity index (χ3v) is 2.66. The van der Waals surface area contributed by atoms with Crippen molar-refractivity contribution in [1.82, 2.24) is 4.98 Å². The standard InChI is InChI=1S/C12H15N3O3/c1-7(13)5-11(16)15(2)8-3-4-9-10(6-8)18-12(17)14-9/h3-4,6-7H,5,13H2,1-2H3,(H,14,17). The number of aromatic amines is 1. The van der Waals surface area contributed by atoms with Crippen LogP contribution in [0.25, 0.3) is 11.1 Å². The molecular formula is C12H15N3O3. The number of rotatable bonds is 3. The van der Waals surface area contributed by atoms with Crippen LogP contribution in [0.4, 0.5) is 5.69 Å². The van der Waals surface area contributed by atoms with E-state index in [9.17, 15) is 9.59 Å². The highest BCUT2D eigenvalue weighted by atomic mass is 16.4. The van der Waals surface area contributed by atoms with Crippen LogP contribution in [-0.4, -0.2) is 24.0 Å². The second kappa shape index (κ2) is 4.66. The lowest BCUT2D eigenvalue weighted by Crippen LogP contribution is -2.31. The smallest absolute Gasteiger partial charge is 0.408 e. The number of H-pyrrole nitrogens is 1. The van der Waals surface area contributed by atoms with Gasteiger partial charge in [0.05, 0.1) is 5.52 Å². The molecule has 0 saturated carbocycles. The van der Waals surface area contributed by atoms with Gasteiger partial charge in [-0.2, -0.15) is 0 Å². The van der Waals surface area contributed by atoms with Gasteiger partial charge in [0.2, 0.25) is 5.91 Å². The highest BCUT2D eigenvalue weighted by Crippen LogP contribution is 2.19. The van der Waals surface area contributed by atoms with Crippen LogP contribution < -0.4 is 16.4 Å². The van der Waals surface area contributed by atoms with Gasteiger partial charge in [-0.05, 0) is 19.1 Å². The lowest BCUT2D eigenvalue weighted by Gasteiger charge is -2.18. The van der Waals surface area contributed by atoms with E-state index >= 15 is 0 Å². The first-order valence-corrected chi connectivity index (χ1v) is 5.62. The minimum atomic E-state index is -0.508. The molecule has 6 heteroatoms. The maximum atomic E-state index is 11.8. The highest BCUT2D eigenvalue weighted by Gasteiger charge is 2.14. The van der Waals surface area contributed by atoms with E-state index in [-0.39, 0.29) is 18.4 Å². The number of fused-ring (bicyclic) bond motifs is 1. The number of nitrogens with two attached hydrogens (primary N) is 1. The van der Waals surface area contributed by atoms with Crippen molar-refractivity contribution < 1.29 is 9.21 Å². The molecule has 18 heavy (non-hydrogen) atoms. The van der Waals surface area contributed by atoms with Gasteiger partial charge in [0.25, 0.3) is 0 Å². The zero-order valence-corrected chi connectivity index (χ0v) is 10.3. The molecule has 0 saturated heterocycles. The van der Waals surface area contributed by atoms with E-state index in [1.807, 2.05) is 0 Å². The van der Waals surface area contributed by atoms with Crippen LogP contribution in [0.5, 0.6) is 0 Å². The predicted molar refractivity (Wildman–Crippen MR) is 68.5 cm³/mol. The second-order valence-electron chi connectivity index (χ2n) is 4.33. The number of carbonyl (C=O) groups excluding carboxylic acids is 1. The van der Waals surface area contributed by atoms with Gasteiger partial charge in [-0.25, -0.2) is 4.79 Å². The van der Waals surface area contributed by atoms with Gasteiger partial charge >= 0.3 is 5.76 Å². The molecule has 0 aliphatic heterocycles. The average Bonchev–Trinajstić information content (AvgIpc) is 2.65. The molecule has 2 rings (SSSR count). The molecule has 1 amide bonds. The zero-order chi connectivity index (χ0) is 13.3. The van der Waals surface area contributed by atoms with Crippen LogP contribution in [0, 0.1) is 0 Å². The van der Waals surface area contributed by atoms with E-state index in [1.54, 1.807) is 32.2 Å². The van der Waals surface area contributed by atoms with E-state index in [0.29, 0.717) is 16.8 Å². The maximum Gasteiger partial charge on any atom is 0.417 e. The third-order valence-electron chi connectivity index (χ3n) is 2.66. The number of aromatic nitrogens is 1. The number of carbonyl (C=O) groups is 1. The summed E-state index contributed by atoms with van der Waals surface area (Å²) in [5, 5.41) is 0. The molecule has 0 aliphatic carbocycles. The first-order chi connectivity index (χ1) is 8.47. The Bertz CT molecular complexity index is 627. The molecule has 2 aromatic rings. The minimum absolute atomic E-state index is 0.0813. The molecule has 1 aromatic heterocycles. The number of benzene rings is 1. The Kier molecular flexibility index (Phi) is 3.20. The summed E-state index contributed by atoms with van der Waals surface area (Å²) in [6.07, 6.45) is 0.269. The van der Waals surface area contributed by atoms with Gasteiger partial charge in [-0.15, -0.1) is 0 Å². The first kappa shape index (κ1) is 12.4. The summed E-state index contributed by atoms with van der Waals surface area (Å²) in [6.45, 7) is 1.78. The van der Waals surface area contributed by atoms with Crippen LogP contribution in [0.3, 0.4) is 0 Å². The predicted octanol–water partition coefficient (Wildman–Crippen LogP) is 0.821. The van der Waals surface area contributed by atoms with Crippen molar-refractivity contribution in [3.8, 4) is 0 Å². The molecular weight excluding hydrogens is 234 g/mol. The summed E-state index contributed by atoms with van der Waals surface area (Å²) < 4.78 is 4.95. The molecule has 1 atom stereocenters.